The second-order valence-electron chi connectivity index (χ2n) is 5.99. The molecule has 29 heavy (non-hydrogen) atoms. The molecule has 0 unspecified atom stereocenters. The summed E-state index contributed by atoms with van der Waals surface area (Å²) in [6.45, 7) is 0.803. The number of morpholine rings is 1. The molecule has 1 fully saturated rings. The second kappa shape index (κ2) is 13.6. The minimum absolute atomic E-state index is 0.0341. The molecule has 4 rings (SSSR count). The summed E-state index contributed by atoms with van der Waals surface area (Å²) in [6, 6.07) is 33.4. The van der Waals surface area contributed by atoms with Gasteiger partial charge in [-0.3, -0.25) is 9.69 Å². The van der Waals surface area contributed by atoms with Gasteiger partial charge in [-0.1, -0.05) is 103 Å². The van der Waals surface area contributed by atoms with E-state index < -0.39 is 12.1 Å². The third-order valence-corrected chi connectivity index (χ3v) is 3.74. The zero-order chi connectivity index (χ0) is 20.6. The highest BCUT2D eigenvalue weighted by Crippen LogP contribution is 2.05. The molecule has 1 saturated heterocycles. The van der Waals surface area contributed by atoms with Gasteiger partial charge in [-0.15, -0.1) is 0 Å². The number of carbonyl (C=O) groups is 2. The number of nitrogens with zero attached hydrogens (tertiary/aromatic N) is 1. The Morgan fingerprint density at radius 1 is 0.793 bits per heavy atom. The van der Waals surface area contributed by atoms with E-state index in [4.69, 9.17) is 9.47 Å². The third-order valence-electron chi connectivity index (χ3n) is 3.74. The Labute approximate surface area is 171 Å². The number of carbonyl (C=O) groups excluding carboxylic acids is 2. The largest absolute Gasteiger partial charge is 0.462 e. The first kappa shape index (κ1) is 21.7. The number of cyclic esters (lactones) is 1. The number of hydrogen-bond acceptors (Lipinski definition) is 4. The lowest BCUT2D eigenvalue weighted by atomic mass is 10.2. The van der Waals surface area contributed by atoms with Crippen molar-refractivity contribution in [3.63, 3.8) is 0 Å². The third kappa shape index (κ3) is 9.77. The normalized spacial score (nSPS) is 12.3. The van der Waals surface area contributed by atoms with Gasteiger partial charge in [0.2, 0.25) is 0 Å². The van der Waals surface area contributed by atoms with Gasteiger partial charge in [0, 0.05) is 0 Å². The summed E-state index contributed by atoms with van der Waals surface area (Å²) < 4.78 is 9.83. The fourth-order valence-electron chi connectivity index (χ4n) is 2.29. The van der Waals surface area contributed by atoms with Gasteiger partial charge in [0.1, 0.15) is 19.8 Å². The van der Waals surface area contributed by atoms with E-state index >= 15 is 0 Å². The van der Waals surface area contributed by atoms with Crippen LogP contribution in [-0.2, 0) is 20.9 Å². The summed E-state index contributed by atoms with van der Waals surface area (Å²) in [4.78, 5) is 23.9. The van der Waals surface area contributed by atoms with Gasteiger partial charge in [0.15, 0.2) is 0 Å². The topological polar surface area (TPSA) is 55.8 Å². The highest BCUT2D eigenvalue weighted by molar-refractivity contribution is 5.79. The number of ether oxygens (including phenoxy) is 2. The molecule has 5 heteroatoms. The lowest BCUT2D eigenvalue weighted by Crippen LogP contribution is -2.43. The monoisotopic (exact) mass is 391 g/mol. The highest BCUT2D eigenvalue weighted by Gasteiger charge is 2.23. The van der Waals surface area contributed by atoms with Crippen molar-refractivity contribution in [1.29, 1.82) is 0 Å². The summed E-state index contributed by atoms with van der Waals surface area (Å²) in [6.07, 6.45) is -0.481. The van der Waals surface area contributed by atoms with Crippen LogP contribution in [0.4, 0.5) is 4.79 Å². The second-order valence-corrected chi connectivity index (χ2v) is 5.99. The maximum absolute atomic E-state index is 11.6. The van der Waals surface area contributed by atoms with Crippen molar-refractivity contribution in [3.8, 4) is 0 Å². The zero-order valence-electron chi connectivity index (χ0n) is 16.2. The van der Waals surface area contributed by atoms with Crippen LogP contribution in [0.1, 0.15) is 5.56 Å². The Morgan fingerprint density at radius 3 is 1.69 bits per heavy atom. The van der Waals surface area contributed by atoms with Crippen molar-refractivity contribution in [3.05, 3.63) is 109 Å². The molecule has 1 amide bonds. The van der Waals surface area contributed by atoms with Crippen LogP contribution in [0.2, 0.25) is 0 Å². The molecule has 5 nitrogen and oxygen atoms in total. The van der Waals surface area contributed by atoms with Gasteiger partial charge in [-0.25, -0.2) is 4.79 Å². The van der Waals surface area contributed by atoms with Gasteiger partial charge in [0.25, 0.3) is 0 Å². The van der Waals surface area contributed by atoms with Crippen LogP contribution in [0.5, 0.6) is 0 Å². The van der Waals surface area contributed by atoms with Crippen LogP contribution in [-0.4, -0.2) is 36.7 Å². The van der Waals surface area contributed by atoms with Crippen molar-refractivity contribution in [1.82, 2.24) is 4.90 Å². The zero-order valence-corrected chi connectivity index (χ0v) is 16.2. The van der Waals surface area contributed by atoms with Gasteiger partial charge < -0.3 is 9.47 Å². The lowest BCUT2D eigenvalue weighted by Gasteiger charge is -2.24. The quantitative estimate of drug-likeness (QED) is 0.601. The number of hydrogen-bond donors (Lipinski definition) is 0. The fraction of sp³-hybridized carbons (Fsp3) is 0.167. The first-order chi connectivity index (χ1) is 14.3. The van der Waals surface area contributed by atoms with E-state index in [0.717, 1.165) is 5.56 Å². The maximum atomic E-state index is 11.6. The fourth-order valence-corrected chi connectivity index (χ4v) is 2.29. The lowest BCUT2D eigenvalue weighted by molar-refractivity contribution is -0.149. The Morgan fingerprint density at radius 2 is 1.24 bits per heavy atom. The molecule has 0 spiro atoms. The summed E-state index contributed by atoms with van der Waals surface area (Å²) in [5.74, 6) is -0.395. The summed E-state index contributed by atoms with van der Waals surface area (Å²) in [5.41, 5.74) is 0.917. The number of rotatable bonds is 2. The molecule has 0 bridgehead atoms. The Bertz CT molecular complexity index is 725. The minimum atomic E-state index is -0.481. The summed E-state index contributed by atoms with van der Waals surface area (Å²) in [5, 5.41) is 0. The molecule has 1 heterocycles. The molecular weight excluding hydrogens is 366 g/mol. The van der Waals surface area contributed by atoms with Crippen LogP contribution < -0.4 is 0 Å². The SMILES string of the molecule is O=C1CN(C(=O)OCc2ccccc2)CCO1.c1ccccc1.c1ccccc1. The smallest absolute Gasteiger partial charge is 0.410 e. The van der Waals surface area contributed by atoms with Crippen LogP contribution >= 0.6 is 0 Å². The molecule has 3 aromatic rings. The minimum Gasteiger partial charge on any atom is -0.462 e. The van der Waals surface area contributed by atoms with Crippen molar-refractivity contribution >= 4 is 12.1 Å². The van der Waals surface area contributed by atoms with Crippen molar-refractivity contribution in [2.45, 2.75) is 6.61 Å². The number of esters is 1. The standard InChI is InChI=1S/C12H13NO4.2C6H6/c14-11-8-13(6-7-16-11)12(15)17-9-10-4-2-1-3-5-10;2*1-2-4-6-5-3-1/h1-5H,6-9H2;2*1-6H. The van der Waals surface area contributed by atoms with Crippen LogP contribution in [0.25, 0.3) is 0 Å². The molecular formula is C24H25NO4. The predicted octanol–water partition coefficient (Wildman–Crippen LogP) is 4.56. The molecule has 3 aromatic carbocycles. The Balaban J connectivity index is 0.000000202. The van der Waals surface area contributed by atoms with Gasteiger partial charge in [-0.2, -0.15) is 0 Å². The van der Waals surface area contributed by atoms with Crippen LogP contribution in [0.15, 0.2) is 103 Å². The average Bonchev–Trinajstić information content (AvgIpc) is 2.81. The van der Waals surface area contributed by atoms with Crippen LogP contribution in [0.3, 0.4) is 0 Å². The number of benzene rings is 3. The molecule has 0 saturated carbocycles. The Kier molecular flexibility index (Phi) is 10.1. The first-order valence-corrected chi connectivity index (χ1v) is 9.37. The molecule has 150 valence electrons. The van der Waals surface area contributed by atoms with Crippen LogP contribution in [0, 0.1) is 0 Å². The average molecular weight is 391 g/mol. The summed E-state index contributed by atoms with van der Waals surface area (Å²) >= 11 is 0. The van der Waals surface area contributed by atoms with Crippen molar-refractivity contribution in [2.24, 2.45) is 0 Å². The highest BCUT2D eigenvalue weighted by atomic mass is 16.6. The maximum Gasteiger partial charge on any atom is 0.410 e. The van der Waals surface area contributed by atoms with Gasteiger partial charge >= 0.3 is 12.1 Å². The van der Waals surface area contributed by atoms with E-state index in [2.05, 4.69) is 0 Å². The molecule has 0 aromatic heterocycles. The van der Waals surface area contributed by atoms with Crippen molar-refractivity contribution < 1.29 is 19.1 Å². The molecule has 0 atom stereocenters. The van der Waals surface area contributed by atoms with Gasteiger partial charge in [-0.05, 0) is 5.56 Å². The van der Waals surface area contributed by atoms with Gasteiger partial charge in [0.05, 0.1) is 6.54 Å². The predicted molar refractivity (Wildman–Crippen MR) is 112 cm³/mol. The van der Waals surface area contributed by atoms with E-state index in [-0.39, 0.29) is 19.8 Å². The van der Waals surface area contributed by atoms with E-state index in [1.54, 1.807) is 0 Å². The number of amides is 1. The molecule has 0 N–H and O–H groups in total. The van der Waals surface area contributed by atoms with E-state index in [9.17, 15) is 9.59 Å². The molecule has 0 radical (unpaired) electrons. The summed E-state index contributed by atoms with van der Waals surface area (Å²) in [7, 11) is 0. The van der Waals surface area contributed by atoms with E-state index in [1.807, 2.05) is 103 Å². The molecule has 0 aliphatic carbocycles. The first-order valence-electron chi connectivity index (χ1n) is 9.37. The van der Waals surface area contributed by atoms with E-state index in [0.29, 0.717) is 6.54 Å². The van der Waals surface area contributed by atoms with Crippen molar-refractivity contribution in [2.75, 3.05) is 19.7 Å². The molecule has 1 aliphatic rings. The Hall–Kier alpha value is -3.60. The van der Waals surface area contributed by atoms with E-state index in [1.165, 1.54) is 4.90 Å². The molecule has 1 aliphatic heterocycles.